The van der Waals surface area contributed by atoms with Gasteiger partial charge in [-0.3, -0.25) is 0 Å². The summed E-state index contributed by atoms with van der Waals surface area (Å²) in [6.07, 6.45) is 0. The van der Waals surface area contributed by atoms with Crippen molar-refractivity contribution in [2.75, 3.05) is 0 Å². The van der Waals surface area contributed by atoms with E-state index in [9.17, 15) is 9.60 Å². The number of furan rings is 1. The lowest BCUT2D eigenvalue weighted by atomic mass is 9.84. The molecule has 1 heterocycles. The lowest BCUT2D eigenvalue weighted by Crippen LogP contribution is -1.91. The first-order valence-corrected chi connectivity index (χ1v) is 11.4. The SMILES string of the molecule is [2H]c1c([2H])c([2H])c(-c2c([2H])c([2H])c3c(-c4c([2H])c([2H])c([2H])c([2H])c4[2H])c4c([2H])c([2H])c([2H])c([2H])c4c(-c4c([2H])c([2H])c5oc6c([2H])c([2H])c([2H])c([2H])c6c5c4[2H])c3c2[2H])c([2H])c1[2H]. The Morgan fingerprint density at radius 3 is 1.59 bits per heavy atom. The van der Waals surface area contributed by atoms with Crippen LogP contribution >= 0.6 is 0 Å². The molecule has 0 fully saturated rings. The van der Waals surface area contributed by atoms with Gasteiger partial charge in [0.1, 0.15) is 11.2 Å². The Morgan fingerprint density at radius 1 is 0.333 bits per heavy atom. The van der Waals surface area contributed by atoms with E-state index in [1.165, 1.54) is 0 Å². The van der Waals surface area contributed by atoms with E-state index < -0.39 is 222 Å². The van der Waals surface area contributed by atoms with Crippen LogP contribution in [0, 0.1) is 0 Å². The topological polar surface area (TPSA) is 13.1 Å². The average molecular weight is 521 g/mol. The molecule has 1 aromatic heterocycles. The van der Waals surface area contributed by atoms with Crippen molar-refractivity contribution >= 4 is 43.5 Å². The van der Waals surface area contributed by atoms with Crippen molar-refractivity contribution in [1.82, 2.24) is 0 Å². The molecule has 0 spiro atoms. The van der Waals surface area contributed by atoms with Crippen LogP contribution in [0.3, 0.4) is 0 Å². The van der Waals surface area contributed by atoms with Gasteiger partial charge in [0.05, 0.1) is 32.9 Å². The quantitative estimate of drug-likeness (QED) is 0.211. The fourth-order valence-corrected chi connectivity index (χ4v) is 4.52. The van der Waals surface area contributed by atoms with Crippen molar-refractivity contribution in [3.63, 3.8) is 0 Å². The second-order valence-corrected chi connectivity index (χ2v) is 8.26. The van der Waals surface area contributed by atoms with Gasteiger partial charge in [0.15, 0.2) is 0 Å². The number of hydrogen-bond donors (Lipinski definition) is 0. The Bertz CT molecular complexity index is 3440. The van der Waals surface area contributed by atoms with Gasteiger partial charge in [0, 0.05) is 10.8 Å². The maximum absolute atomic E-state index is 9.83. The highest BCUT2D eigenvalue weighted by molar-refractivity contribution is 6.22. The second kappa shape index (κ2) is 8.72. The van der Waals surface area contributed by atoms with Gasteiger partial charge in [0.25, 0.3) is 0 Å². The molecule has 1 heteroatoms. The van der Waals surface area contributed by atoms with Gasteiger partial charge in [-0.2, -0.15) is 0 Å². The predicted octanol–water partition coefficient (Wildman–Crippen LogP) is 10.9. The number of fused-ring (bicyclic) bond motifs is 5. The van der Waals surface area contributed by atoms with E-state index in [1.54, 1.807) is 0 Å². The minimum atomic E-state index is -1.02. The molecule has 8 aromatic rings. The zero-order chi connectivity index (χ0) is 46.6. The fraction of sp³-hybridized carbons (Fsp3) is 0. The molecule has 0 unspecified atom stereocenters. The summed E-state index contributed by atoms with van der Waals surface area (Å²) in [6.45, 7) is 0. The van der Waals surface area contributed by atoms with Crippen LogP contribution in [-0.4, -0.2) is 0 Å². The Balaban J connectivity index is 1.81. The molecule has 0 radical (unpaired) electrons. The molecule has 0 aliphatic heterocycles. The molecule has 1 nitrogen and oxygen atoms in total. The Labute approximate surface area is 260 Å². The Kier molecular flexibility index (Phi) is 1.94. The minimum Gasteiger partial charge on any atom is -0.456 e. The van der Waals surface area contributed by atoms with Crippen LogP contribution < -0.4 is 0 Å². The van der Waals surface area contributed by atoms with E-state index in [0.29, 0.717) is 0 Å². The molecule has 0 atom stereocenters. The standard InChI is InChI=1S/C38H24O/c1-3-11-25(12-4-1)27-19-21-32-34(23-27)38(28-20-22-36-33(24-28)29-15-9-10-18-35(29)39-36)31-17-8-7-16-30(31)37(32)26-13-5-2-6-14-26/h1-24H/i1D,2D,3D,4D,5D,6D,7D,8D,9D,10D,11D,12D,13D,14D,15D,16D,17D,18D,19D,20D,21D,22D,23D,24D. The Hall–Kier alpha value is -5.14. The van der Waals surface area contributed by atoms with Gasteiger partial charge in [-0.05, 0) is 79.1 Å². The van der Waals surface area contributed by atoms with Crippen LogP contribution in [0.2, 0.25) is 0 Å². The van der Waals surface area contributed by atoms with E-state index in [2.05, 4.69) is 0 Å². The first-order chi connectivity index (χ1) is 29.3. The zero-order valence-corrected chi connectivity index (χ0v) is 19.4. The zero-order valence-electron chi connectivity index (χ0n) is 43.4. The Morgan fingerprint density at radius 2 is 0.846 bits per heavy atom. The van der Waals surface area contributed by atoms with Crippen LogP contribution in [0.4, 0.5) is 0 Å². The van der Waals surface area contributed by atoms with Crippen LogP contribution in [-0.2, 0) is 0 Å². The van der Waals surface area contributed by atoms with Crippen LogP contribution in [0.15, 0.2) is 149 Å². The number of rotatable bonds is 3. The lowest BCUT2D eigenvalue weighted by molar-refractivity contribution is 0.669. The van der Waals surface area contributed by atoms with Crippen LogP contribution in [0.25, 0.3) is 76.9 Å². The molecule has 0 amide bonds. The third-order valence-electron chi connectivity index (χ3n) is 6.14. The average Bonchev–Trinajstić information content (AvgIpc) is 3.67. The molecule has 0 aliphatic carbocycles. The van der Waals surface area contributed by atoms with Gasteiger partial charge in [-0.15, -0.1) is 0 Å². The van der Waals surface area contributed by atoms with Crippen molar-refractivity contribution in [2.45, 2.75) is 0 Å². The molecule has 182 valence electrons. The fourth-order valence-electron chi connectivity index (χ4n) is 4.52. The van der Waals surface area contributed by atoms with Gasteiger partial charge < -0.3 is 4.42 Å². The molecular weight excluding hydrogens is 472 g/mol. The van der Waals surface area contributed by atoms with Crippen molar-refractivity contribution in [2.24, 2.45) is 0 Å². The highest BCUT2D eigenvalue weighted by Crippen LogP contribution is 2.45. The maximum Gasteiger partial charge on any atom is 0.135 e. The summed E-state index contributed by atoms with van der Waals surface area (Å²) in [4.78, 5) is 0. The van der Waals surface area contributed by atoms with Gasteiger partial charge in [0.2, 0.25) is 0 Å². The van der Waals surface area contributed by atoms with Crippen LogP contribution in [0.5, 0.6) is 0 Å². The maximum atomic E-state index is 9.83. The molecule has 0 aliphatic rings. The van der Waals surface area contributed by atoms with Gasteiger partial charge in [-0.25, -0.2) is 0 Å². The van der Waals surface area contributed by atoms with Crippen molar-refractivity contribution < 1.29 is 37.3 Å². The van der Waals surface area contributed by atoms with E-state index in [1.807, 2.05) is 0 Å². The summed E-state index contributed by atoms with van der Waals surface area (Å²) < 4.78 is 218. The largest absolute Gasteiger partial charge is 0.456 e. The number of para-hydroxylation sites is 1. The first-order valence-electron chi connectivity index (χ1n) is 23.4. The summed E-state index contributed by atoms with van der Waals surface area (Å²) in [5.74, 6) is 0. The summed E-state index contributed by atoms with van der Waals surface area (Å²) in [5, 5.41) is -3.77. The summed E-state index contributed by atoms with van der Waals surface area (Å²) in [7, 11) is 0. The predicted molar refractivity (Wildman–Crippen MR) is 165 cm³/mol. The summed E-state index contributed by atoms with van der Waals surface area (Å²) in [6, 6.07) is -21.7. The first kappa shape index (κ1) is 8.69. The minimum absolute atomic E-state index is 0.428. The van der Waals surface area contributed by atoms with E-state index in [4.69, 9.17) is 27.7 Å². The van der Waals surface area contributed by atoms with Crippen molar-refractivity contribution in [1.29, 1.82) is 0 Å². The lowest BCUT2D eigenvalue weighted by Gasteiger charge is -2.19. The highest BCUT2D eigenvalue weighted by Gasteiger charge is 2.18. The molecule has 0 saturated carbocycles. The van der Waals surface area contributed by atoms with Crippen molar-refractivity contribution in [3.05, 3.63) is 145 Å². The van der Waals surface area contributed by atoms with Crippen molar-refractivity contribution in [3.8, 4) is 33.4 Å². The number of benzene rings is 7. The molecule has 0 saturated heterocycles. The van der Waals surface area contributed by atoms with Gasteiger partial charge >= 0.3 is 0 Å². The molecule has 8 rings (SSSR count). The molecular formula is C38H24O. The third-order valence-corrected chi connectivity index (χ3v) is 6.14. The molecule has 7 aromatic carbocycles. The van der Waals surface area contributed by atoms with E-state index >= 15 is 0 Å². The monoisotopic (exact) mass is 520 g/mol. The second-order valence-electron chi connectivity index (χ2n) is 8.26. The smallest absolute Gasteiger partial charge is 0.135 e. The summed E-state index contributed by atoms with van der Waals surface area (Å²) >= 11 is 0. The molecule has 39 heavy (non-hydrogen) atoms. The van der Waals surface area contributed by atoms with Gasteiger partial charge in [-0.1, -0.05) is 121 Å². The highest BCUT2D eigenvalue weighted by atomic mass is 16.3. The van der Waals surface area contributed by atoms with E-state index in [0.717, 1.165) is 0 Å². The third kappa shape index (κ3) is 3.48. The summed E-state index contributed by atoms with van der Waals surface area (Å²) in [5.41, 5.74) is -5.60. The normalized spacial score (nSPS) is 20.2. The number of hydrogen-bond acceptors (Lipinski definition) is 1. The van der Waals surface area contributed by atoms with Crippen LogP contribution in [0.1, 0.15) is 32.9 Å². The molecule has 0 bridgehead atoms. The molecule has 0 N–H and O–H groups in total. The van der Waals surface area contributed by atoms with E-state index in [-0.39, 0.29) is 0 Å².